The van der Waals surface area contributed by atoms with E-state index in [4.69, 9.17) is 26.2 Å². The largest absolute Gasteiger partial charge is 0.481 e. The van der Waals surface area contributed by atoms with Crippen LogP contribution in [0.3, 0.4) is 0 Å². The lowest BCUT2D eigenvalue weighted by Gasteiger charge is -2.21. The lowest BCUT2D eigenvalue weighted by atomic mass is 10.1. The fourth-order valence-electron chi connectivity index (χ4n) is 1.77. The Morgan fingerprint density at radius 2 is 1.45 bits per heavy atom. The Morgan fingerprint density at radius 3 is 1.90 bits per heavy atom. The second-order valence-corrected chi connectivity index (χ2v) is 7.27. The molecule has 0 bridgehead atoms. The molecule has 1 unspecified atom stereocenters. The fourth-order valence-corrected chi connectivity index (χ4v) is 2.83. The highest BCUT2D eigenvalue weighted by atomic mass is 31.2. The summed E-state index contributed by atoms with van der Waals surface area (Å²) in [5, 5.41) is 38.7. The molecule has 0 aliphatic heterocycles. The molecule has 0 rings (SSSR count). The predicted octanol–water partition coefficient (Wildman–Crippen LogP) is -2.23. The molecular weight excluding hydrogens is 421 g/mol. The Balaban J connectivity index is 4.79. The van der Waals surface area contributed by atoms with E-state index < -0.39 is 81.5 Å². The molecule has 0 aromatic heterocycles. The first kappa shape index (κ1) is 26.4. The van der Waals surface area contributed by atoms with Crippen LogP contribution in [0.4, 0.5) is 0 Å². The minimum Gasteiger partial charge on any atom is -0.481 e. The van der Waals surface area contributed by atoms with Crippen molar-refractivity contribution in [2.24, 2.45) is 5.73 Å². The van der Waals surface area contributed by atoms with Crippen molar-refractivity contribution in [1.82, 2.24) is 10.4 Å². The molecule has 0 saturated heterocycles. The van der Waals surface area contributed by atoms with Gasteiger partial charge in [0.2, 0.25) is 5.91 Å². The zero-order valence-electron chi connectivity index (χ0n) is 14.9. The van der Waals surface area contributed by atoms with Gasteiger partial charge >= 0.3 is 31.6 Å². The molecule has 0 aliphatic rings. The molecule has 16 heteroatoms. The average Bonchev–Trinajstić information content (AvgIpc) is 2.59. The highest BCUT2D eigenvalue weighted by Crippen LogP contribution is 2.38. The Kier molecular flexibility index (Phi) is 11.0. The number of carbonyl (C=O) groups is 5. The summed E-state index contributed by atoms with van der Waals surface area (Å²) < 4.78 is 16.4. The third kappa shape index (κ3) is 11.8. The summed E-state index contributed by atoms with van der Waals surface area (Å²) in [6.07, 6.45) is -1.92. The van der Waals surface area contributed by atoms with Gasteiger partial charge in [0.05, 0.1) is 6.61 Å². The van der Waals surface area contributed by atoms with Gasteiger partial charge < -0.3 is 36.4 Å². The maximum absolute atomic E-state index is 11.9. The summed E-state index contributed by atoms with van der Waals surface area (Å²) in [6, 6.07) is -4.92. The smallest absolute Gasteiger partial charge is 0.403 e. The molecule has 15 nitrogen and oxygen atoms in total. The van der Waals surface area contributed by atoms with E-state index >= 15 is 0 Å². The molecule has 0 fully saturated rings. The van der Waals surface area contributed by atoms with Gasteiger partial charge in [-0.3, -0.25) is 23.7 Å². The Labute approximate surface area is 163 Å². The van der Waals surface area contributed by atoms with E-state index in [2.05, 4.69) is 4.52 Å². The third-order valence-electron chi connectivity index (χ3n) is 3.31. The minimum absolute atomic E-state index is 0.293. The summed E-state index contributed by atoms with van der Waals surface area (Å²) in [4.78, 5) is 64.5. The first-order valence-corrected chi connectivity index (χ1v) is 9.53. The summed E-state index contributed by atoms with van der Waals surface area (Å²) in [6.45, 7) is -1.04. The number of rotatable bonds is 15. The van der Waals surface area contributed by atoms with Crippen molar-refractivity contribution in [3.05, 3.63) is 0 Å². The van der Waals surface area contributed by atoms with Crippen LogP contribution in [0.15, 0.2) is 0 Å². The zero-order valence-corrected chi connectivity index (χ0v) is 15.8. The maximum Gasteiger partial charge on any atom is 0.403 e. The Morgan fingerprint density at radius 1 is 0.897 bits per heavy atom. The van der Waals surface area contributed by atoms with Gasteiger partial charge in [0, 0.05) is 12.8 Å². The van der Waals surface area contributed by atoms with E-state index in [1.807, 2.05) is 5.32 Å². The van der Waals surface area contributed by atoms with Crippen LogP contribution in [-0.2, 0) is 33.1 Å². The van der Waals surface area contributed by atoms with Gasteiger partial charge in [-0.15, -0.1) is 0 Å². The molecule has 1 amide bonds. The molecule has 0 aromatic carbocycles. The van der Waals surface area contributed by atoms with E-state index in [9.17, 15) is 33.4 Å². The summed E-state index contributed by atoms with van der Waals surface area (Å²) >= 11 is 0. The van der Waals surface area contributed by atoms with Crippen LogP contribution in [0.25, 0.3) is 0 Å². The number of hydrogen-bond acceptors (Lipinski definition) is 8. The number of carboxylic acids is 4. The van der Waals surface area contributed by atoms with Crippen LogP contribution in [0.2, 0.25) is 0 Å². The quantitative estimate of drug-likeness (QED) is 0.125. The van der Waals surface area contributed by atoms with E-state index in [0.717, 1.165) is 0 Å². The monoisotopic (exact) mass is 443 g/mol. The molecule has 9 N–H and O–H groups in total. The number of carbonyl (C=O) groups excluding carboxylic acids is 1. The number of aliphatic carboxylic acids is 4. The van der Waals surface area contributed by atoms with Crippen molar-refractivity contribution in [3.63, 3.8) is 0 Å². The normalized spacial score (nSPS) is 16.1. The molecule has 0 aliphatic carbocycles. The van der Waals surface area contributed by atoms with Gasteiger partial charge in [-0.05, 0) is 12.8 Å². The summed E-state index contributed by atoms with van der Waals surface area (Å²) in [5.41, 5.74) is 5.20. The van der Waals surface area contributed by atoms with Crippen molar-refractivity contribution in [2.75, 3.05) is 6.61 Å². The van der Waals surface area contributed by atoms with Gasteiger partial charge in [-0.2, -0.15) is 0 Å². The highest BCUT2D eigenvalue weighted by molar-refractivity contribution is 7.50. The van der Waals surface area contributed by atoms with Crippen LogP contribution in [0.1, 0.15) is 25.7 Å². The second kappa shape index (κ2) is 12.1. The second-order valence-electron chi connectivity index (χ2n) is 5.71. The SMILES string of the molecule is N[C@@H](CCC(=O)N[C@H](COP(=O)(O)N[C@@H](CCC(=O)O)C(=O)O)C(=O)O)C(=O)O. The zero-order chi connectivity index (χ0) is 22.8. The Hall–Kier alpha value is -2.58. The summed E-state index contributed by atoms with van der Waals surface area (Å²) in [5.74, 6) is -6.91. The van der Waals surface area contributed by atoms with Gasteiger partial charge in [0.1, 0.15) is 12.1 Å². The molecule has 0 aromatic rings. The first-order chi connectivity index (χ1) is 13.2. The predicted molar refractivity (Wildman–Crippen MR) is 91.6 cm³/mol. The first-order valence-electron chi connectivity index (χ1n) is 7.95. The number of amides is 1. The van der Waals surface area contributed by atoms with Gasteiger partial charge in [0.25, 0.3) is 0 Å². The minimum atomic E-state index is -4.88. The van der Waals surface area contributed by atoms with Crippen molar-refractivity contribution < 1.29 is 58.4 Å². The lowest BCUT2D eigenvalue weighted by molar-refractivity contribution is -0.143. The van der Waals surface area contributed by atoms with Crippen LogP contribution >= 0.6 is 7.75 Å². The standard InChI is InChI=1S/C13H22N3O12P/c14-6(11(20)21)1-3-9(17)15-8(13(24)25)5-28-29(26,27)16-7(12(22)23)2-4-10(18)19/h6-8H,1-5,14H2,(H,15,17)(H,18,19)(H,20,21)(H,22,23)(H,24,25)(H2,16,26,27)/t6-,7-,8+/m0/s1. The lowest BCUT2D eigenvalue weighted by Crippen LogP contribution is -2.45. The van der Waals surface area contributed by atoms with Gasteiger partial charge in [-0.1, -0.05) is 0 Å². The van der Waals surface area contributed by atoms with Crippen molar-refractivity contribution in [1.29, 1.82) is 0 Å². The molecule has 166 valence electrons. The molecule has 0 radical (unpaired) electrons. The molecule has 29 heavy (non-hydrogen) atoms. The number of nitrogens with one attached hydrogen (secondary N) is 2. The fraction of sp³-hybridized carbons (Fsp3) is 0.615. The van der Waals surface area contributed by atoms with Crippen LogP contribution in [0, 0.1) is 0 Å². The van der Waals surface area contributed by atoms with Crippen molar-refractivity contribution in [2.45, 2.75) is 43.8 Å². The average molecular weight is 443 g/mol. The molecular formula is C13H22N3O12P. The highest BCUT2D eigenvalue weighted by Gasteiger charge is 2.31. The van der Waals surface area contributed by atoms with Crippen LogP contribution in [-0.4, -0.2) is 79.8 Å². The van der Waals surface area contributed by atoms with E-state index in [1.54, 1.807) is 5.09 Å². The van der Waals surface area contributed by atoms with E-state index in [1.165, 1.54) is 0 Å². The molecule has 0 heterocycles. The van der Waals surface area contributed by atoms with Crippen LogP contribution in [0.5, 0.6) is 0 Å². The van der Waals surface area contributed by atoms with Crippen molar-refractivity contribution in [3.8, 4) is 0 Å². The topological polar surface area (TPSA) is 263 Å². The molecule has 4 atom stereocenters. The number of hydrogen-bond donors (Lipinski definition) is 8. The summed E-state index contributed by atoms with van der Waals surface area (Å²) in [7, 11) is -4.88. The maximum atomic E-state index is 11.9. The van der Waals surface area contributed by atoms with E-state index in [0.29, 0.717) is 0 Å². The van der Waals surface area contributed by atoms with Gasteiger partial charge in [-0.25, -0.2) is 14.4 Å². The number of nitrogens with two attached hydrogens (primary N) is 1. The molecule has 0 spiro atoms. The van der Waals surface area contributed by atoms with E-state index in [-0.39, 0.29) is 6.42 Å². The number of carboxylic acid groups (broad SMARTS) is 4. The third-order valence-corrected chi connectivity index (χ3v) is 4.45. The van der Waals surface area contributed by atoms with Gasteiger partial charge in [0.15, 0.2) is 6.04 Å². The molecule has 0 saturated carbocycles. The van der Waals surface area contributed by atoms with Crippen molar-refractivity contribution >= 4 is 37.5 Å². The van der Waals surface area contributed by atoms with Crippen LogP contribution < -0.4 is 16.1 Å². The Bertz CT molecular complexity index is 684.